The summed E-state index contributed by atoms with van der Waals surface area (Å²) in [6.45, 7) is 20.6. The summed E-state index contributed by atoms with van der Waals surface area (Å²) < 4.78 is 0. The van der Waals surface area contributed by atoms with Crippen LogP contribution in [0.25, 0.3) is 65.4 Å². The number of H-pyrrole nitrogens is 6. The Balaban J connectivity index is 0.000000107. The molecule has 18 atom stereocenters. The molecule has 744 valence electrons. The molecule has 6 aliphatic carbocycles. The van der Waals surface area contributed by atoms with E-state index >= 15 is 0 Å². The first kappa shape index (κ1) is 101. The fraction of sp³-hybridized carbons (Fsp3) is 0.534. The first-order chi connectivity index (χ1) is 67.8. The number of thioether (sulfide) groups is 6. The average molecular weight is 2000 g/mol. The van der Waals surface area contributed by atoms with Gasteiger partial charge in [0.05, 0.1) is 34.5 Å². The van der Waals surface area contributed by atoms with Gasteiger partial charge in [0.1, 0.15) is 34.7 Å². The number of rotatable bonds is 26. The number of Topliss-reactive ketones (excluding diaryl/α,β-unsaturated/α-hetero) is 6. The van der Waals surface area contributed by atoms with Crippen LogP contribution in [0.5, 0.6) is 0 Å². The molecule has 140 heavy (non-hydrogen) atoms. The van der Waals surface area contributed by atoms with Crippen molar-refractivity contribution in [3.8, 4) is 0 Å². The predicted octanol–water partition coefficient (Wildman–Crippen LogP) is 21.5. The maximum Gasteiger partial charge on any atom is 0.139 e. The average Bonchev–Trinajstić information content (AvgIpc) is 1.60. The van der Waals surface area contributed by atoms with Gasteiger partial charge < -0.3 is 54.4 Å². The van der Waals surface area contributed by atoms with Gasteiger partial charge in [0.2, 0.25) is 0 Å². The van der Waals surface area contributed by atoms with Crippen molar-refractivity contribution < 1.29 is 28.8 Å². The number of carbonyl (C=O) groups excluding carboxylic acids is 6. The van der Waals surface area contributed by atoms with Gasteiger partial charge >= 0.3 is 0 Å². The fourth-order valence-corrected chi connectivity index (χ4v) is 33.5. The van der Waals surface area contributed by atoms with E-state index in [0.717, 1.165) is 99.3 Å². The molecular formula is C116H148N12O6S6. The van der Waals surface area contributed by atoms with Gasteiger partial charge in [-0.2, -0.15) is 70.6 Å². The number of ketones is 6. The third-order valence-electron chi connectivity index (χ3n) is 33.2. The van der Waals surface area contributed by atoms with Gasteiger partial charge in [0.15, 0.2) is 0 Å². The van der Waals surface area contributed by atoms with Gasteiger partial charge in [-0.3, -0.25) is 33.7 Å². The van der Waals surface area contributed by atoms with E-state index in [-0.39, 0.29) is 28.9 Å². The molecule has 12 heterocycles. The van der Waals surface area contributed by atoms with Gasteiger partial charge in [0.25, 0.3) is 0 Å². The topological polar surface area (TPSA) is 217 Å². The number of likely N-dealkylation sites (tertiary alicyclic amines) is 6. The van der Waals surface area contributed by atoms with Crippen LogP contribution in [-0.2, 0) is 67.3 Å². The van der Waals surface area contributed by atoms with Crippen molar-refractivity contribution in [2.45, 2.75) is 204 Å². The zero-order chi connectivity index (χ0) is 97.3. The second-order valence-corrected chi connectivity index (χ2v) is 50.1. The molecule has 6 aromatic heterocycles. The van der Waals surface area contributed by atoms with Gasteiger partial charge in [-0.1, -0.05) is 79.7 Å². The number of benzene rings is 6. The van der Waals surface area contributed by atoms with E-state index < -0.39 is 0 Å². The SMILES string of the molecule is CC(=O)CSC[C@@H]1C[C@@H]2c3cccc4[nH]cc(c34)C[C@H]2N(C)C1.CC(=O)CSC[C@@H]1C[C@@H]2c3cccc4[nH]cc(c34)C[C@H]2N(C)C1.CC(=O)CSC[C@@H]1C[C@@H]2c3cccc4[nH]cc(c34)C[C@H]2N(C)C1.CC(=O)CSC[C@@H]1C[C@@H]2c3cccc4[nH]cc(c34)C[C@H]2N(C)C1.CC(=O)CSC[C@@H]1C[C@@H]2c3cccc4[nH]cc(c34)C[C@H]2N(C)C1.CCCN1C[C@H](CSCC(C)=O)C[C@@H]2c3cccc4[nH]cc(c34)C[C@H]21. The minimum absolute atomic E-state index is 0.288. The van der Waals surface area contributed by atoms with Crippen molar-refractivity contribution in [2.24, 2.45) is 35.5 Å². The molecule has 6 saturated heterocycles. The lowest BCUT2D eigenvalue weighted by atomic mass is 9.72. The summed E-state index contributed by atoms with van der Waals surface area (Å²) in [7, 11) is 11.4. The lowest BCUT2D eigenvalue weighted by Gasteiger charge is -2.47. The van der Waals surface area contributed by atoms with Crippen LogP contribution in [0, 0.1) is 35.5 Å². The second-order valence-electron chi connectivity index (χ2n) is 43.9. The maximum atomic E-state index is 11.3. The molecule has 0 saturated carbocycles. The van der Waals surface area contributed by atoms with Gasteiger partial charge in [-0.05, 0) is 340 Å². The number of hydrogen-bond acceptors (Lipinski definition) is 18. The number of nitrogens with zero attached hydrogens (tertiary/aromatic N) is 6. The van der Waals surface area contributed by atoms with Crippen molar-refractivity contribution in [3.63, 3.8) is 0 Å². The third kappa shape index (κ3) is 22.2. The molecule has 0 radical (unpaired) electrons. The zero-order valence-electron chi connectivity index (χ0n) is 84.5. The summed E-state index contributed by atoms with van der Waals surface area (Å²) >= 11 is 10.9. The number of carbonyl (C=O) groups is 6. The van der Waals surface area contributed by atoms with E-state index in [2.05, 4.69) is 248 Å². The molecule has 18 nitrogen and oxygen atoms in total. The smallest absolute Gasteiger partial charge is 0.139 e. The Hall–Kier alpha value is -7.56. The summed E-state index contributed by atoms with van der Waals surface area (Å²) in [5.41, 5.74) is 25.8. The Bertz CT molecular complexity index is 5690. The number of likely N-dealkylation sites (N-methyl/N-ethyl adjacent to an activating group) is 5. The molecule has 0 spiro atoms. The number of fused-ring (bicyclic) bond motifs is 12. The Morgan fingerprint density at radius 1 is 0.264 bits per heavy atom. The first-order valence-corrected chi connectivity index (χ1v) is 59.0. The van der Waals surface area contributed by atoms with E-state index in [1.807, 2.05) is 11.8 Å². The highest BCUT2D eigenvalue weighted by Gasteiger charge is 2.47. The van der Waals surface area contributed by atoms with Crippen molar-refractivity contribution in [2.75, 3.05) is 150 Å². The Kier molecular flexibility index (Phi) is 32.6. The van der Waals surface area contributed by atoms with Crippen LogP contribution in [0.4, 0.5) is 0 Å². The minimum atomic E-state index is 0.288. The van der Waals surface area contributed by atoms with Crippen LogP contribution in [0.1, 0.15) is 196 Å². The molecule has 24 heteroatoms. The molecule has 12 aliphatic rings. The molecule has 6 fully saturated rings. The molecular weight excluding hydrogens is 1850 g/mol. The van der Waals surface area contributed by atoms with Crippen LogP contribution in [-0.4, -0.2) is 280 Å². The highest BCUT2D eigenvalue weighted by molar-refractivity contribution is 8.01. The van der Waals surface area contributed by atoms with E-state index in [1.54, 1.807) is 106 Å². The first-order valence-electron chi connectivity index (χ1n) is 52.0. The number of aromatic amines is 6. The largest absolute Gasteiger partial charge is 0.361 e. The number of aromatic nitrogens is 6. The molecule has 6 aliphatic heterocycles. The van der Waals surface area contributed by atoms with Crippen molar-refractivity contribution in [1.29, 1.82) is 0 Å². The fourth-order valence-electron chi connectivity index (χ4n) is 27.7. The highest BCUT2D eigenvalue weighted by Crippen LogP contribution is 2.53. The Labute approximate surface area is 854 Å². The lowest BCUT2D eigenvalue weighted by Crippen LogP contribution is -2.50. The molecule has 6 aromatic carbocycles. The van der Waals surface area contributed by atoms with Crippen LogP contribution in [0.15, 0.2) is 146 Å². The van der Waals surface area contributed by atoms with Crippen LogP contribution < -0.4 is 0 Å². The van der Waals surface area contributed by atoms with E-state index in [1.165, 1.54) is 191 Å². The van der Waals surface area contributed by atoms with E-state index in [4.69, 9.17) is 0 Å². The van der Waals surface area contributed by atoms with Gasteiger partial charge in [-0.25, -0.2) is 0 Å². The summed E-state index contributed by atoms with van der Waals surface area (Å²) in [6.07, 6.45) is 28.9. The summed E-state index contributed by atoms with van der Waals surface area (Å²) in [4.78, 5) is 103. The van der Waals surface area contributed by atoms with E-state index in [0.29, 0.717) is 148 Å². The second kappa shape index (κ2) is 45.2. The normalized spacial score (nSPS) is 26.9. The van der Waals surface area contributed by atoms with Gasteiger partial charge in [0, 0.05) is 214 Å². The Morgan fingerprint density at radius 2 is 0.443 bits per heavy atom. The van der Waals surface area contributed by atoms with Crippen molar-refractivity contribution in [3.05, 3.63) is 213 Å². The lowest BCUT2D eigenvalue weighted by molar-refractivity contribution is -0.115. The number of piperidine rings is 6. The Morgan fingerprint density at radius 3 is 0.629 bits per heavy atom. The standard InChI is InChI=1S/C21H28N2OS.5C19H24N2OS/c1-3-7-23-11-15(13-25-12-14(2)24)8-18-17-5-4-6-19-21(17)16(10-22-19)9-20(18)23;5*1-12(22)10-23-11-13-6-16-15-4-3-5-17-19(15)14(8-20-17)7-18(16)21(2)9-13/h4-6,10,15,18,20,22H,3,7-9,11-13H2,1-2H3;5*3-5,8,13,16,18,20H,6-7,9-11H2,1-2H3/t15-,18-,20-;5*13-,16-,18-/m111111/s1. The molecule has 0 unspecified atom stereocenters. The number of hydrogen-bond donors (Lipinski definition) is 6. The summed E-state index contributed by atoms with van der Waals surface area (Å²) in [6, 6.07) is 44.1. The predicted molar refractivity (Wildman–Crippen MR) is 593 cm³/mol. The molecule has 0 bridgehead atoms. The molecule has 6 N–H and O–H groups in total. The summed E-state index contributed by atoms with van der Waals surface area (Å²) in [5, 5.41) is 8.84. The van der Waals surface area contributed by atoms with E-state index in [9.17, 15) is 28.8 Å². The van der Waals surface area contributed by atoms with Gasteiger partial charge in [-0.15, -0.1) is 0 Å². The quantitative estimate of drug-likeness (QED) is 0.0297. The van der Waals surface area contributed by atoms with Crippen molar-refractivity contribution >= 4 is 171 Å². The minimum Gasteiger partial charge on any atom is -0.361 e. The highest BCUT2D eigenvalue weighted by atomic mass is 32.2. The number of nitrogens with one attached hydrogen (secondary N) is 6. The van der Waals surface area contributed by atoms with Crippen LogP contribution >= 0.6 is 70.6 Å². The molecule has 24 rings (SSSR count). The van der Waals surface area contributed by atoms with Crippen LogP contribution in [0.2, 0.25) is 0 Å². The van der Waals surface area contributed by atoms with Crippen molar-refractivity contribution in [1.82, 2.24) is 59.3 Å². The molecule has 12 aromatic rings. The van der Waals surface area contributed by atoms with Crippen LogP contribution in [0.3, 0.4) is 0 Å². The maximum absolute atomic E-state index is 11.3. The zero-order valence-corrected chi connectivity index (χ0v) is 89.4. The third-order valence-corrected chi connectivity index (χ3v) is 41.1. The summed E-state index contributed by atoms with van der Waals surface area (Å²) in [5.74, 6) is 20.2. The monoisotopic (exact) mass is 2000 g/mol. The molecule has 0 amide bonds.